The molecule has 4 nitrogen and oxygen atoms in total. The smallest absolute Gasteiger partial charge is 0.454 e. The quantitative estimate of drug-likeness (QED) is 0.480. The average molecular weight is 496 g/mol. The van der Waals surface area contributed by atoms with E-state index in [1.54, 1.807) is 0 Å². The van der Waals surface area contributed by atoms with Crippen molar-refractivity contribution in [3.05, 3.63) is 29.3 Å². The van der Waals surface area contributed by atoms with Crippen LogP contribution in [0.15, 0.2) is 12.1 Å². The van der Waals surface area contributed by atoms with Gasteiger partial charge in [0.15, 0.2) is 0 Å². The van der Waals surface area contributed by atoms with Gasteiger partial charge < -0.3 is 10.1 Å². The summed E-state index contributed by atoms with van der Waals surface area (Å²) in [6, 6.07) is 1.95. The highest BCUT2D eigenvalue weighted by Crippen LogP contribution is 2.50. The summed E-state index contributed by atoms with van der Waals surface area (Å²) in [7, 11) is 0. The summed E-state index contributed by atoms with van der Waals surface area (Å²) >= 11 is 0. The molecule has 190 valence electrons. The summed E-state index contributed by atoms with van der Waals surface area (Å²) in [6.45, 7) is -0.672. The molecule has 1 aliphatic heterocycles. The first kappa shape index (κ1) is 25.1. The lowest BCUT2D eigenvalue weighted by Crippen LogP contribution is -2.49. The molecule has 0 bridgehead atoms. The molecule has 4 rings (SSSR count). The minimum absolute atomic E-state index is 0.00549. The molecule has 1 N–H and O–H groups in total. The molecule has 3 fully saturated rings. The number of carbonyl (C=O) groups is 1. The highest BCUT2D eigenvalue weighted by atomic mass is 19.4. The van der Waals surface area contributed by atoms with Crippen LogP contribution < -0.4 is 10.1 Å². The van der Waals surface area contributed by atoms with Gasteiger partial charge in [-0.15, -0.1) is 0 Å². The van der Waals surface area contributed by atoms with Gasteiger partial charge in [0.25, 0.3) is 5.91 Å². The number of likely N-dealkylation sites (tertiary alicyclic amines) is 1. The van der Waals surface area contributed by atoms with Crippen molar-refractivity contribution in [3.63, 3.8) is 0 Å². The first-order chi connectivity index (χ1) is 15.9. The third-order valence-corrected chi connectivity index (χ3v) is 6.96. The van der Waals surface area contributed by atoms with Gasteiger partial charge in [-0.25, -0.2) is 8.78 Å². The third kappa shape index (κ3) is 5.95. The number of alkyl halides is 5. The van der Waals surface area contributed by atoms with Crippen LogP contribution in [-0.4, -0.2) is 55.2 Å². The number of piperidine rings is 1. The number of halogens is 7. The highest BCUT2D eigenvalue weighted by Gasteiger charge is 2.58. The Kier molecular flexibility index (Phi) is 7.04. The zero-order valence-electron chi connectivity index (χ0n) is 18.4. The van der Waals surface area contributed by atoms with Crippen molar-refractivity contribution in [1.29, 1.82) is 0 Å². The topological polar surface area (TPSA) is 41.6 Å². The van der Waals surface area contributed by atoms with Crippen molar-refractivity contribution in [2.24, 2.45) is 17.8 Å². The van der Waals surface area contributed by atoms with E-state index in [4.69, 9.17) is 4.74 Å². The Morgan fingerprint density at radius 3 is 2.21 bits per heavy atom. The monoisotopic (exact) mass is 496 g/mol. The number of carbonyl (C=O) groups excluding carboxylic acids is 1. The lowest BCUT2D eigenvalue weighted by molar-refractivity contribution is -0.287. The van der Waals surface area contributed by atoms with E-state index in [0.29, 0.717) is 31.1 Å². The fourth-order valence-electron chi connectivity index (χ4n) is 4.75. The maximum Gasteiger partial charge on any atom is 0.454 e. The Balaban J connectivity index is 1.18. The number of hydrogen-bond acceptors (Lipinski definition) is 3. The summed E-state index contributed by atoms with van der Waals surface area (Å²) in [6.07, 6.45) is -1.26. The predicted octanol–water partition coefficient (Wildman–Crippen LogP) is 5.17. The van der Waals surface area contributed by atoms with Crippen LogP contribution in [0.3, 0.4) is 0 Å². The van der Waals surface area contributed by atoms with Crippen molar-refractivity contribution < 1.29 is 40.3 Å². The van der Waals surface area contributed by atoms with Crippen LogP contribution in [0.1, 0.15) is 48.9 Å². The number of ether oxygens (including phenoxy) is 1. The van der Waals surface area contributed by atoms with E-state index in [2.05, 4.69) is 5.32 Å². The maximum absolute atomic E-state index is 14.2. The van der Waals surface area contributed by atoms with Crippen molar-refractivity contribution in [2.75, 3.05) is 26.2 Å². The number of nitrogens with one attached hydrogen (secondary N) is 1. The Hall–Kier alpha value is -2.04. The summed E-state index contributed by atoms with van der Waals surface area (Å²) in [5, 5.41) is 2.54. The highest BCUT2D eigenvalue weighted by molar-refractivity contribution is 5.95. The van der Waals surface area contributed by atoms with Crippen molar-refractivity contribution >= 4 is 5.91 Å². The van der Waals surface area contributed by atoms with Crippen LogP contribution in [0, 0.1) is 29.4 Å². The molecule has 34 heavy (non-hydrogen) atoms. The molecule has 2 aliphatic carbocycles. The van der Waals surface area contributed by atoms with E-state index >= 15 is 0 Å². The molecule has 0 aromatic heterocycles. The van der Waals surface area contributed by atoms with Crippen LogP contribution in [0.4, 0.5) is 30.7 Å². The lowest BCUT2D eigenvalue weighted by atomic mass is 9.90. The van der Waals surface area contributed by atoms with Crippen LogP contribution in [0.25, 0.3) is 0 Å². The second-order valence-electron chi connectivity index (χ2n) is 9.62. The minimum atomic E-state index is -5.54. The molecule has 1 heterocycles. The molecule has 2 saturated carbocycles. The van der Waals surface area contributed by atoms with Gasteiger partial charge in [-0.1, -0.05) is 0 Å². The number of rotatable bonds is 9. The fraction of sp³-hybridized carbons (Fsp3) is 0.696. The van der Waals surface area contributed by atoms with Gasteiger partial charge in [-0.3, -0.25) is 9.69 Å². The van der Waals surface area contributed by atoms with Gasteiger partial charge in [0.05, 0.1) is 13.2 Å². The zero-order valence-corrected chi connectivity index (χ0v) is 18.4. The SMILES string of the molecule is O=C(NC1CC1)c1c(F)cc(OCCC2CC2C2CCN(CC(F)(F)C(F)(F)F)CC2)cc1F. The molecular formula is C23H27F7N2O2. The minimum Gasteiger partial charge on any atom is -0.493 e. The standard InChI is InChI=1S/C23H27F7N2O2/c24-18-10-16(11-19(25)20(18)21(33)31-15-1-2-15)34-8-5-14-9-17(14)13-3-6-32(7-4-13)12-22(26,27)23(28,29)30/h10-11,13-15,17H,1-9,12H2,(H,31,33). The van der Waals surface area contributed by atoms with Gasteiger partial charge in [-0.2, -0.15) is 22.0 Å². The van der Waals surface area contributed by atoms with E-state index < -0.39 is 41.7 Å². The fourth-order valence-corrected chi connectivity index (χ4v) is 4.75. The molecule has 3 aliphatic rings. The Morgan fingerprint density at radius 1 is 1.03 bits per heavy atom. The molecule has 1 aromatic carbocycles. The normalized spacial score (nSPS) is 24.2. The number of benzene rings is 1. The molecular weight excluding hydrogens is 469 g/mol. The second kappa shape index (κ2) is 9.54. The molecule has 0 radical (unpaired) electrons. The van der Waals surface area contributed by atoms with Gasteiger partial charge in [-0.05, 0) is 69.4 Å². The predicted molar refractivity (Wildman–Crippen MR) is 109 cm³/mol. The van der Waals surface area contributed by atoms with Gasteiger partial charge >= 0.3 is 12.1 Å². The van der Waals surface area contributed by atoms with Gasteiger partial charge in [0.2, 0.25) is 0 Å². The van der Waals surface area contributed by atoms with Crippen LogP contribution in [0.2, 0.25) is 0 Å². The van der Waals surface area contributed by atoms with E-state index in [9.17, 15) is 35.5 Å². The summed E-state index contributed by atoms with van der Waals surface area (Å²) in [5.74, 6) is -6.52. The van der Waals surface area contributed by atoms with Gasteiger partial charge in [0.1, 0.15) is 22.9 Å². The number of nitrogens with zero attached hydrogens (tertiary/aromatic N) is 1. The second-order valence-corrected chi connectivity index (χ2v) is 9.62. The largest absolute Gasteiger partial charge is 0.493 e. The summed E-state index contributed by atoms with van der Waals surface area (Å²) in [4.78, 5) is 13.1. The summed E-state index contributed by atoms with van der Waals surface area (Å²) in [5.41, 5.74) is -0.624. The van der Waals surface area contributed by atoms with Crippen molar-refractivity contribution in [2.45, 2.75) is 56.7 Å². The maximum atomic E-state index is 14.2. The van der Waals surface area contributed by atoms with E-state index in [0.717, 1.165) is 31.4 Å². The molecule has 2 unspecified atom stereocenters. The molecule has 1 aromatic rings. The van der Waals surface area contributed by atoms with E-state index in [1.165, 1.54) is 4.90 Å². The average Bonchev–Trinajstić information content (AvgIpc) is 3.64. The zero-order chi connectivity index (χ0) is 24.7. The Labute approximate surface area is 192 Å². The molecule has 1 saturated heterocycles. The number of hydrogen-bond donors (Lipinski definition) is 1. The van der Waals surface area contributed by atoms with Gasteiger partial charge in [0, 0.05) is 18.2 Å². The molecule has 0 spiro atoms. The first-order valence-corrected chi connectivity index (χ1v) is 11.5. The summed E-state index contributed by atoms with van der Waals surface area (Å²) < 4.78 is 97.6. The molecule has 11 heteroatoms. The van der Waals surface area contributed by atoms with Crippen molar-refractivity contribution in [1.82, 2.24) is 10.2 Å². The third-order valence-electron chi connectivity index (χ3n) is 6.96. The number of amides is 1. The van der Waals surface area contributed by atoms with Crippen molar-refractivity contribution in [3.8, 4) is 5.75 Å². The van der Waals surface area contributed by atoms with E-state index in [1.807, 2.05) is 0 Å². The molecule has 1 amide bonds. The van der Waals surface area contributed by atoms with Crippen LogP contribution in [-0.2, 0) is 0 Å². The molecule has 2 atom stereocenters. The van der Waals surface area contributed by atoms with Crippen LogP contribution >= 0.6 is 0 Å². The Bertz CT molecular complexity index is 873. The van der Waals surface area contributed by atoms with E-state index in [-0.39, 0.29) is 37.4 Å². The first-order valence-electron chi connectivity index (χ1n) is 11.5. The Morgan fingerprint density at radius 2 is 1.65 bits per heavy atom. The lowest BCUT2D eigenvalue weighted by Gasteiger charge is -2.34. The van der Waals surface area contributed by atoms with Crippen LogP contribution in [0.5, 0.6) is 5.75 Å².